The average Bonchev–Trinajstić information content (AvgIpc) is 3.01. The number of sulfone groups is 2. The zero-order valence-electron chi connectivity index (χ0n) is 24.7. The largest absolute Gasteiger partial charge is 0.462 e. The van der Waals surface area contributed by atoms with Gasteiger partial charge < -0.3 is 9.47 Å². The highest BCUT2D eigenvalue weighted by atomic mass is 32.2. The quantitative estimate of drug-likeness (QED) is 0.107. The van der Waals surface area contributed by atoms with Gasteiger partial charge in [-0.25, -0.2) is 26.4 Å². The van der Waals surface area contributed by atoms with Crippen molar-refractivity contribution in [3.63, 3.8) is 0 Å². The minimum atomic E-state index is -4.94. The van der Waals surface area contributed by atoms with Gasteiger partial charge in [0.15, 0.2) is 0 Å². The van der Waals surface area contributed by atoms with E-state index in [4.69, 9.17) is 9.47 Å². The van der Waals surface area contributed by atoms with Crippen LogP contribution < -0.4 is 0 Å². The van der Waals surface area contributed by atoms with Gasteiger partial charge in [-0.2, -0.15) is 0 Å². The maximum atomic E-state index is 14.1. The number of rotatable bonds is 16. The van der Waals surface area contributed by atoms with Crippen LogP contribution in [0, 0.1) is 0 Å². The molecule has 10 nitrogen and oxygen atoms in total. The number of benzene rings is 2. The van der Waals surface area contributed by atoms with Crippen molar-refractivity contribution >= 4 is 43.2 Å². The SMILES string of the molecule is CCCCCCOC(=O)C1=C(S(=O)(=O)c2ccccc2)C(=O)C(C(=O)OCCCCCC)=C(S(=O)(=O)c2ccccc2)C1=O. The van der Waals surface area contributed by atoms with Crippen LogP contribution in [0.25, 0.3) is 0 Å². The van der Waals surface area contributed by atoms with E-state index in [0.29, 0.717) is 25.7 Å². The minimum Gasteiger partial charge on any atom is -0.462 e. The van der Waals surface area contributed by atoms with E-state index in [9.17, 15) is 36.0 Å². The van der Waals surface area contributed by atoms with Crippen LogP contribution >= 0.6 is 0 Å². The zero-order chi connectivity index (χ0) is 32.3. The summed E-state index contributed by atoms with van der Waals surface area (Å²) in [5.41, 5.74) is -2.55. The second kappa shape index (κ2) is 15.7. The van der Waals surface area contributed by atoms with E-state index in [-0.39, 0.29) is 13.2 Å². The van der Waals surface area contributed by atoms with Crippen LogP contribution in [0.4, 0.5) is 0 Å². The van der Waals surface area contributed by atoms with Crippen LogP contribution in [0.3, 0.4) is 0 Å². The van der Waals surface area contributed by atoms with E-state index in [1.165, 1.54) is 36.4 Å². The molecule has 0 heterocycles. The number of carbonyl (C=O) groups is 4. The van der Waals surface area contributed by atoms with Crippen LogP contribution in [0.15, 0.2) is 91.4 Å². The van der Waals surface area contributed by atoms with Crippen molar-refractivity contribution in [2.45, 2.75) is 75.0 Å². The molecule has 0 spiro atoms. The van der Waals surface area contributed by atoms with Crippen molar-refractivity contribution in [1.29, 1.82) is 0 Å². The summed E-state index contributed by atoms with van der Waals surface area (Å²) in [6, 6.07) is 13.0. The zero-order valence-corrected chi connectivity index (χ0v) is 26.4. The summed E-state index contributed by atoms with van der Waals surface area (Å²) >= 11 is 0. The lowest BCUT2D eigenvalue weighted by molar-refractivity contribution is -0.143. The lowest BCUT2D eigenvalue weighted by atomic mass is 9.96. The summed E-state index contributed by atoms with van der Waals surface area (Å²) in [6.45, 7) is 3.52. The first kappa shape index (κ1) is 34.6. The highest BCUT2D eigenvalue weighted by Crippen LogP contribution is 2.37. The predicted octanol–water partition coefficient (Wildman–Crippen LogP) is 4.84. The Morgan fingerprint density at radius 3 is 1.20 bits per heavy atom. The van der Waals surface area contributed by atoms with Crippen molar-refractivity contribution < 1.29 is 45.5 Å². The van der Waals surface area contributed by atoms with Gasteiger partial charge in [0.25, 0.3) is 0 Å². The normalized spacial score (nSPS) is 14.1. The predicted molar refractivity (Wildman–Crippen MR) is 162 cm³/mol. The first-order valence-corrected chi connectivity index (χ1v) is 17.5. The average molecular weight is 645 g/mol. The number of carbonyl (C=O) groups excluding carboxylic acids is 4. The fraction of sp³-hybridized carbons (Fsp3) is 0.375. The van der Waals surface area contributed by atoms with E-state index >= 15 is 0 Å². The Balaban J connectivity index is 2.24. The third-order valence-corrected chi connectivity index (χ3v) is 10.5. The van der Waals surface area contributed by atoms with Crippen molar-refractivity contribution in [2.75, 3.05) is 13.2 Å². The molecule has 1 aliphatic rings. The molecule has 0 aromatic heterocycles. The molecule has 0 bridgehead atoms. The summed E-state index contributed by atoms with van der Waals surface area (Å²) in [7, 11) is -9.88. The standard InChI is InChI=1S/C32H36O10S2/c1-3-5-7-15-21-41-31(35)25-27(33)30(44(39,40)24-19-13-10-14-20-24)26(32(36)42-22-16-8-6-4-2)28(34)29(25)43(37,38)23-17-11-9-12-18-23/h9-14,17-20H,3-8,15-16,21-22H2,1-2H3. The Bertz CT molecular complexity index is 1530. The molecule has 0 N–H and O–H groups in total. The summed E-state index contributed by atoms with van der Waals surface area (Å²) in [5, 5.41) is 0. The maximum Gasteiger partial charge on any atom is 0.343 e. The number of ether oxygens (including phenoxy) is 2. The van der Waals surface area contributed by atoms with Crippen molar-refractivity contribution in [3.8, 4) is 0 Å². The molecule has 236 valence electrons. The molecule has 1 aliphatic carbocycles. The Morgan fingerprint density at radius 2 is 0.886 bits per heavy atom. The lowest BCUT2D eigenvalue weighted by Crippen LogP contribution is -2.37. The summed E-state index contributed by atoms with van der Waals surface area (Å²) in [4.78, 5) is 51.3. The summed E-state index contributed by atoms with van der Waals surface area (Å²) < 4.78 is 65.8. The number of hydrogen-bond donors (Lipinski definition) is 0. The summed E-state index contributed by atoms with van der Waals surface area (Å²) in [5.74, 6) is -6.25. The minimum absolute atomic E-state index is 0.209. The molecule has 0 radical (unpaired) electrons. The molecule has 0 unspecified atom stereocenters. The Kier molecular flexibility index (Phi) is 12.4. The number of hydrogen-bond acceptors (Lipinski definition) is 10. The molecule has 2 aromatic carbocycles. The molecule has 3 rings (SSSR count). The van der Waals surface area contributed by atoms with Crippen molar-refractivity contribution in [1.82, 2.24) is 0 Å². The third-order valence-electron chi connectivity index (χ3n) is 6.84. The van der Waals surface area contributed by atoms with Crippen LogP contribution in [0.1, 0.15) is 65.2 Å². The fourth-order valence-electron chi connectivity index (χ4n) is 4.51. The van der Waals surface area contributed by atoms with Crippen LogP contribution in [-0.4, -0.2) is 53.6 Å². The maximum absolute atomic E-state index is 14.1. The number of unbranched alkanes of at least 4 members (excludes halogenated alkanes) is 6. The fourth-order valence-corrected chi connectivity index (χ4v) is 7.59. The molecular formula is C32H36O10S2. The van der Waals surface area contributed by atoms with Gasteiger partial charge in [-0.3, -0.25) is 9.59 Å². The summed E-state index contributed by atoms with van der Waals surface area (Å²) in [6.07, 6.45) is 5.55. The molecule has 0 amide bonds. The third kappa shape index (κ3) is 7.78. The van der Waals surface area contributed by atoms with Gasteiger partial charge in [0.1, 0.15) is 21.0 Å². The first-order valence-electron chi connectivity index (χ1n) is 14.5. The monoisotopic (exact) mass is 644 g/mol. The van der Waals surface area contributed by atoms with Gasteiger partial charge in [0, 0.05) is 0 Å². The molecular weight excluding hydrogens is 608 g/mol. The molecule has 2 aromatic rings. The van der Waals surface area contributed by atoms with Gasteiger partial charge in [-0.15, -0.1) is 0 Å². The van der Waals surface area contributed by atoms with E-state index in [1.807, 2.05) is 13.8 Å². The Morgan fingerprint density at radius 1 is 0.545 bits per heavy atom. The van der Waals surface area contributed by atoms with E-state index in [1.54, 1.807) is 0 Å². The van der Waals surface area contributed by atoms with E-state index in [0.717, 1.165) is 49.9 Å². The molecule has 0 aliphatic heterocycles. The van der Waals surface area contributed by atoms with Gasteiger partial charge in [-0.1, -0.05) is 88.8 Å². The van der Waals surface area contributed by atoms with Crippen LogP contribution in [-0.2, 0) is 48.3 Å². The van der Waals surface area contributed by atoms with Crippen molar-refractivity contribution in [2.24, 2.45) is 0 Å². The first-order chi connectivity index (χ1) is 21.0. The van der Waals surface area contributed by atoms with E-state index < -0.39 is 73.9 Å². The molecule has 44 heavy (non-hydrogen) atoms. The molecule has 12 heteroatoms. The topological polar surface area (TPSA) is 155 Å². The molecule has 0 saturated heterocycles. The number of Topliss-reactive ketones (excluding diaryl/α,β-unsaturated/α-hetero) is 2. The molecule has 0 atom stereocenters. The lowest BCUT2D eigenvalue weighted by Gasteiger charge is -2.22. The Hall–Kier alpha value is -3.90. The number of allylic oxidation sites excluding steroid dienone is 2. The second-order valence-corrected chi connectivity index (χ2v) is 13.9. The highest BCUT2D eigenvalue weighted by molar-refractivity contribution is 7.97. The highest BCUT2D eigenvalue weighted by Gasteiger charge is 2.51. The molecule has 0 fully saturated rings. The smallest absolute Gasteiger partial charge is 0.343 e. The van der Waals surface area contributed by atoms with Gasteiger partial charge in [0.2, 0.25) is 31.2 Å². The number of esters is 2. The Labute approximate surface area is 258 Å². The molecule has 0 saturated carbocycles. The van der Waals surface area contributed by atoms with E-state index in [2.05, 4.69) is 0 Å². The second-order valence-electron chi connectivity index (χ2n) is 10.1. The van der Waals surface area contributed by atoms with Gasteiger partial charge >= 0.3 is 11.9 Å². The van der Waals surface area contributed by atoms with Gasteiger partial charge in [-0.05, 0) is 37.1 Å². The van der Waals surface area contributed by atoms with Crippen LogP contribution in [0.5, 0.6) is 0 Å². The number of ketones is 2. The van der Waals surface area contributed by atoms with Crippen molar-refractivity contribution in [3.05, 3.63) is 81.6 Å². The van der Waals surface area contributed by atoms with Crippen LogP contribution in [0.2, 0.25) is 0 Å². The van der Waals surface area contributed by atoms with Gasteiger partial charge in [0.05, 0.1) is 23.0 Å².